The molecular weight excluding hydrogens is 723 g/mol. The number of piperazine rings is 1. The minimum Gasteiger partial charge on any atom is -0.457 e. The van der Waals surface area contributed by atoms with E-state index in [4.69, 9.17) is 13.9 Å². The molecule has 3 fully saturated rings. The van der Waals surface area contributed by atoms with Crippen LogP contribution in [0.3, 0.4) is 0 Å². The molecule has 56 heavy (non-hydrogen) atoms. The summed E-state index contributed by atoms with van der Waals surface area (Å²) in [4.78, 5) is 44.3. The lowest BCUT2D eigenvalue weighted by molar-refractivity contribution is -0.151. The summed E-state index contributed by atoms with van der Waals surface area (Å²) in [5.74, 6) is -0.201. The van der Waals surface area contributed by atoms with Crippen LogP contribution in [-0.2, 0) is 23.5 Å². The zero-order valence-corrected chi connectivity index (χ0v) is 37.4. The molecule has 0 aromatic rings. The predicted octanol–water partition coefficient (Wildman–Crippen LogP) is 8.71. The van der Waals surface area contributed by atoms with Crippen molar-refractivity contribution >= 4 is 26.3 Å². The van der Waals surface area contributed by atoms with Crippen molar-refractivity contribution in [1.29, 1.82) is 0 Å². The van der Waals surface area contributed by atoms with Gasteiger partial charge in [0.15, 0.2) is 14.4 Å². The number of hydrogen-bond donors (Lipinski definition) is 2. The van der Waals surface area contributed by atoms with Crippen LogP contribution in [0.2, 0.25) is 18.1 Å². The number of nitrogens with one attached hydrogen (secondary N) is 1. The van der Waals surface area contributed by atoms with E-state index in [-0.39, 0.29) is 47.5 Å². The zero-order valence-electron chi connectivity index (χ0n) is 36.4. The minimum atomic E-state index is -2.29. The number of carbonyl (C=O) groups is 3. The Hall–Kier alpha value is -2.47. The lowest BCUT2D eigenvalue weighted by atomic mass is 9.88. The highest BCUT2D eigenvalue weighted by atomic mass is 28.4. The van der Waals surface area contributed by atoms with E-state index >= 15 is 0 Å². The second-order valence-electron chi connectivity index (χ2n) is 19.2. The number of hydrogen-bond acceptors (Lipinski definition) is 8. The Labute approximate surface area is 340 Å². The quantitative estimate of drug-likeness (QED) is 0.0742. The predicted molar refractivity (Wildman–Crippen MR) is 227 cm³/mol. The standard InChI is InChI=1S/C45H77N3O7Si/c1-33(32-46-42(50)36-19-14-15-20-36)17-16-18-34(2)41-35(3)23-24-39(53-43(51)48-29-27-47(28-30-48)37-21-12-10-11-13-22-37)45(7,52)26-25-38(31-40(49)54-41)55-56(8,9)44(4,5)6/h16-18,23-24,33,35-39,41,52H,10-15,19-22,25-32H2,1-9H3,(H,46,50)/b17-16+,24-23+,34-18+/t33-,35+,38-,39+,41-,45-/m1/s1. The summed E-state index contributed by atoms with van der Waals surface area (Å²) in [6.07, 6.45) is 19.9. The van der Waals surface area contributed by atoms with E-state index in [1.807, 2.05) is 32.1 Å². The van der Waals surface area contributed by atoms with Gasteiger partial charge in [-0.1, -0.05) is 97.4 Å². The van der Waals surface area contributed by atoms with Gasteiger partial charge in [0.25, 0.3) is 0 Å². The van der Waals surface area contributed by atoms with E-state index in [2.05, 4.69) is 57.1 Å². The van der Waals surface area contributed by atoms with E-state index in [1.54, 1.807) is 17.9 Å². The second kappa shape index (κ2) is 21.0. The average Bonchev–Trinajstić information content (AvgIpc) is 3.55. The Morgan fingerprint density at radius 3 is 2.27 bits per heavy atom. The first-order valence-electron chi connectivity index (χ1n) is 22.0. The fourth-order valence-electron chi connectivity index (χ4n) is 8.36. The smallest absolute Gasteiger partial charge is 0.410 e. The lowest BCUT2D eigenvalue weighted by Crippen LogP contribution is -2.53. The molecule has 1 saturated heterocycles. The molecule has 0 radical (unpaired) electrons. The van der Waals surface area contributed by atoms with Gasteiger partial charge in [-0.25, -0.2) is 4.79 Å². The van der Waals surface area contributed by atoms with Crippen molar-refractivity contribution in [1.82, 2.24) is 15.1 Å². The molecule has 318 valence electrons. The molecular formula is C45H77N3O7Si. The molecule has 2 aliphatic heterocycles. The summed E-state index contributed by atoms with van der Waals surface area (Å²) in [7, 11) is -2.29. The number of ether oxygens (including phenoxy) is 2. The van der Waals surface area contributed by atoms with Gasteiger partial charge in [-0.2, -0.15) is 0 Å². The number of amides is 2. The van der Waals surface area contributed by atoms with E-state index < -0.39 is 38.3 Å². The highest BCUT2D eigenvalue weighted by Crippen LogP contribution is 2.39. The van der Waals surface area contributed by atoms with Crippen LogP contribution in [0.25, 0.3) is 0 Å². The van der Waals surface area contributed by atoms with Crippen LogP contribution in [0, 0.1) is 17.8 Å². The first-order chi connectivity index (χ1) is 26.4. The van der Waals surface area contributed by atoms with Crippen LogP contribution >= 0.6 is 0 Å². The van der Waals surface area contributed by atoms with E-state index in [1.165, 1.54) is 38.5 Å². The minimum absolute atomic E-state index is 0.0616. The van der Waals surface area contributed by atoms with Crippen molar-refractivity contribution in [2.24, 2.45) is 17.8 Å². The Balaban J connectivity index is 1.51. The molecule has 0 aromatic heterocycles. The molecule has 2 saturated carbocycles. The highest BCUT2D eigenvalue weighted by Gasteiger charge is 2.42. The molecule has 0 bridgehead atoms. The molecule has 4 aliphatic rings. The molecule has 2 aliphatic carbocycles. The monoisotopic (exact) mass is 800 g/mol. The van der Waals surface area contributed by atoms with Crippen LogP contribution in [0.1, 0.15) is 132 Å². The second-order valence-corrected chi connectivity index (χ2v) is 24.0. The number of allylic oxidation sites excluding steroid dienone is 2. The van der Waals surface area contributed by atoms with Gasteiger partial charge in [0, 0.05) is 50.6 Å². The Kier molecular flexibility index (Phi) is 17.3. The summed E-state index contributed by atoms with van der Waals surface area (Å²) >= 11 is 0. The lowest BCUT2D eigenvalue weighted by Gasteiger charge is -2.41. The number of cyclic esters (lactones) is 1. The maximum atomic E-state index is 13.8. The Morgan fingerprint density at radius 2 is 1.64 bits per heavy atom. The molecule has 10 nitrogen and oxygen atoms in total. The maximum absolute atomic E-state index is 13.8. The molecule has 11 heteroatoms. The topological polar surface area (TPSA) is 118 Å². The largest absolute Gasteiger partial charge is 0.457 e. The molecule has 0 unspecified atom stereocenters. The SMILES string of the molecule is C/C(=C\C=C\[C@@H](C)CNC(=O)C1CCCC1)[C@H]1OC(=O)C[C@H](O[Si](C)(C)C(C)(C)C)CC[C@@](C)(O)[C@@H](OC(=O)N2CCN(C3CCCCCC3)CC2)/C=C/[C@@H]1C. The third-order valence-electron chi connectivity index (χ3n) is 13.3. The number of esters is 1. The van der Waals surface area contributed by atoms with Crippen molar-refractivity contribution in [2.75, 3.05) is 32.7 Å². The normalized spacial score (nSPS) is 30.2. The van der Waals surface area contributed by atoms with Crippen LogP contribution in [0.4, 0.5) is 4.79 Å². The van der Waals surface area contributed by atoms with Gasteiger partial charge in [-0.05, 0) is 88.1 Å². The Bertz CT molecular complexity index is 1370. The van der Waals surface area contributed by atoms with Crippen molar-refractivity contribution < 1.29 is 33.4 Å². The molecule has 2 heterocycles. The summed E-state index contributed by atoms with van der Waals surface area (Å²) in [5, 5.41) is 15.1. The summed E-state index contributed by atoms with van der Waals surface area (Å²) in [5.41, 5.74) is -0.543. The maximum Gasteiger partial charge on any atom is 0.410 e. The fraction of sp³-hybridized carbons (Fsp3) is 0.800. The number of rotatable bonds is 10. The van der Waals surface area contributed by atoms with Crippen LogP contribution in [-0.4, -0.2) is 104 Å². The molecule has 6 atom stereocenters. The average molecular weight is 800 g/mol. The molecule has 0 spiro atoms. The molecule has 2 N–H and O–H groups in total. The van der Waals surface area contributed by atoms with Gasteiger partial charge in [-0.15, -0.1) is 0 Å². The fourth-order valence-corrected chi connectivity index (χ4v) is 9.75. The van der Waals surface area contributed by atoms with Gasteiger partial charge >= 0.3 is 12.1 Å². The summed E-state index contributed by atoms with van der Waals surface area (Å²) < 4.78 is 19.3. The van der Waals surface area contributed by atoms with Gasteiger partial charge in [-0.3, -0.25) is 14.5 Å². The first kappa shape index (κ1) is 46.2. The van der Waals surface area contributed by atoms with Crippen molar-refractivity contribution in [3.05, 3.63) is 36.0 Å². The van der Waals surface area contributed by atoms with Crippen LogP contribution in [0.15, 0.2) is 36.0 Å². The van der Waals surface area contributed by atoms with Crippen LogP contribution < -0.4 is 5.32 Å². The summed E-state index contributed by atoms with van der Waals surface area (Å²) in [6, 6.07) is 0.598. The van der Waals surface area contributed by atoms with Gasteiger partial charge in [0.1, 0.15) is 11.7 Å². The van der Waals surface area contributed by atoms with Crippen molar-refractivity contribution in [2.45, 2.75) is 180 Å². The van der Waals surface area contributed by atoms with Gasteiger partial charge < -0.3 is 29.2 Å². The molecule has 2 amide bonds. The third kappa shape index (κ3) is 13.8. The zero-order chi connectivity index (χ0) is 41.1. The molecule has 4 rings (SSSR count). The van der Waals surface area contributed by atoms with E-state index in [9.17, 15) is 19.5 Å². The van der Waals surface area contributed by atoms with Crippen molar-refractivity contribution in [3.8, 4) is 0 Å². The first-order valence-corrected chi connectivity index (χ1v) is 24.9. The van der Waals surface area contributed by atoms with Crippen LogP contribution in [0.5, 0.6) is 0 Å². The molecule has 0 aromatic carbocycles. The van der Waals surface area contributed by atoms with Gasteiger partial charge in [0.05, 0.1) is 12.5 Å². The number of aliphatic hydroxyl groups is 1. The van der Waals surface area contributed by atoms with Crippen molar-refractivity contribution in [3.63, 3.8) is 0 Å². The van der Waals surface area contributed by atoms with E-state index in [0.29, 0.717) is 32.1 Å². The van der Waals surface area contributed by atoms with E-state index in [0.717, 1.165) is 44.3 Å². The highest BCUT2D eigenvalue weighted by molar-refractivity contribution is 6.74. The third-order valence-corrected chi connectivity index (χ3v) is 17.8. The van der Waals surface area contributed by atoms with Gasteiger partial charge in [0.2, 0.25) is 5.91 Å². The number of carbonyl (C=O) groups excluding carboxylic acids is 3. The Morgan fingerprint density at radius 1 is 1.02 bits per heavy atom. The number of nitrogens with zero attached hydrogens (tertiary/aromatic N) is 2. The summed E-state index contributed by atoms with van der Waals surface area (Å²) in [6.45, 7) is 22.0.